The van der Waals surface area contributed by atoms with E-state index in [2.05, 4.69) is 4.98 Å². The van der Waals surface area contributed by atoms with Gasteiger partial charge in [-0.15, -0.1) is 0 Å². The van der Waals surface area contributed by atoms with Crippen LogP contribution in [0.15, 0.2) is 54.6 Å². The number of carbonyl (C=O) groups excluding carboxylic acids is 1. The van der Waals surface area contributed by atoms with E-state index in [1.54, 1.807) is 12.1 Å². The molecule has 0 aliphatic carbocycles. The Balaban J connectivity index is 1.50. The number of fused-ring (bicyclic) bond motifs is 1. The van der Waals surface area contributed by atoms with Crippen LogP contribution in [-0.2, 0) is 4.79 Å². The fraction of sp³-hybridized carbons (Fsp3) is 0.217. The Bertz CT molecular complexity index is 1020. The highest BCUT2D eigenvalue weighted by molar-refractivity contribution is 5.86. The zero-order valence-corrected chi connectivity index (χ0v) is 15.5. The van der Waals surface area contributed by atoms with Gasteiger partial charge in [-0.1, -0.05) is 36.4 Å². The zero-order chi connectivity index (χ0) is 19.3. The smallest absolute Gasteiger partial charge is 0.260 e. The lowest BCUT2D eigenvalue weighted by atomic mass is 10.1. The molecular weight excluding hydrogens is 352 g/mol. The van der Waals surface area contributed by atoms with Gasteiger partial charge in [-0.25, -0.2) is 4.98 Å². The van der Waals surface area contributed by atoms with Crippen molar-refractivity contribution in [2.45, 2.75) is 12.8 Å². The van der Waals surface area contributed by atoms with Crippen molar-refractivity contribution in [3.8, 4) is 11.5 Å². The van der Waals surface area contributed by atoms with Crippen LogP contribution in [0.25, 0.3) is 23.1 Å². The number of aromatic hydroxyl groups is 1. The van der Waals surface area contributed by atoms with Crippen LogP contribution in [0, 0.1) is 0 Å². The number of rotatable bonds is 5. The Morgan fingerprint density at radius 1 is 1.04 bits per heavy atom. The average Bonchev–Trinajstić information content (AvgIpc) is 3.26. The largest absolute Gasteiger partial charge is 0.506 e. The monoisotopic (exact) mass is 374 g/mol. The van der Waals surface area contributed by atoms with E-state index in [0.717, 1.165) is 42.6 Å². The number of pyridine rings is 1. The Hall–Kier alpha value is -3.34. The minimum Gasteiger partial charge on any atom is -0.506 e. The molecule has 1 amide bonds. The minimum atomic E-state index is 0.0305. The molecule has 2 heterocycles. The molecule has 5 heteroatoms. The molecule has 0 saturated carbocycles. The molecule has 0 bridgehead atoms. The van der Waals surface area contributed by atoms with E-state index in [4.69, 9.17) is 4.74 Å². The van der Waals surface area contributed by atoms with Crippen molar-refractivity contribution >= 4 is 29.0 Å². The number of benzene rings is 2. The molecule has 1 N–H and O–H groups in total. The molecule has 5 nitrogen and oxygen atoms in total. The first-order valence-corrected chi connectivity index (χ1v) is 9.47. The predicted octanol–water partition coefficient (Wildman–Crippen LogP) is 4.11. The molecule has 1 aromatic heterocycles. The molecule has 142 valence electrons. The molecule has 0 radical (unpaired) electrons. The summed E-state index contributed by atoms with van der Waals surface area (Å²) in [7, 11) is 0. The van der Waals surface area contributed by atoms with Gasteiger partial charge in [0.05, 0.1) is 5.69 Å². The average molecular weight is 374 g/mol. The van der Waals surface area contributed by atoms with Gasteiger partial charge in [-0.3, -0.25) is 4.79 Å². The highest BCUT2D eigenvalue weighted by Gasteiger charge is 2.18. The lowest BCUT2D eigenvalue weighted by Crippen LogP contribution is -2.32. The summed E-state index contributed by atoms with van der Waals surface area (Å²) in [5.41, 5.74) is 2.18. The third-order valence-corrected chi connectivity index (χ3v) is 4.88. The first-order chi connectivity index (χ1) is 13.7. The van der Waals surface area contributed by atoms with Crippen molar-refractivity contribution in [3.63, 3.8) is 0 Å². The highest BCUT2D eigenvalue weighted by atomic mass is 16.5. The summed E-state index contributed by atoms with van der Waals surface area (Å²) in [6.45, 7) is 1.70. The molecule has 0 unspecified atom stereocenters. The van der Waals surface area contributed by atoms with E-state index in [0.29, 0.717) is 11.3 Å². The van der Waals surface area contributed by atoms with E-state index in [9.17, 15) is 9.90 Å². The molecular formula is C23H22N2O3. The Morgan fingerprint density at radius 2 is 1.86 bits per heavy atom. The van der Waals surface area contributed by atoms with Crippen molar-refractivity contribution in [1.29, 1.82) is 0 Å². The maximum absolute atomic E-state index is 12.2. The number of hydrogen-bond acceptors (Lipinski definition) is 4. The van der Waals surface area contributed by atoms with Crippen LogP contribution in [0.5, 0.6) is 11.5 Å². The maximum Gasteiger partial charge on any atom is 0.260 e. The van der Waals surface area contributed by atoms with Crippen LogP contribution in [0.2, 0.25) is 0 Å². The van der Waals surface area contributed by atoms with Gasteiger partial charge < -0.3 is 14.7 Å². The van der Waals surface area contributed by atoms with Gasteiger partial charge in [0, 0.05) is 24.0 Å². The molecule has 1 saturated heterocycles. The van der Waals surface area contributed by atoms with Gasteiger partial charge in [0.15, 0.2) is 6.61 Å². The maximum atomic E-state index is 12.2. The lowest BCUT2D eigenvalue weighted by molar-refractivity contribution is -0.132. The van der Waals surface area contributed by atoms with Gasteiger partial charge in [0.2, 0.25) is 0 Å². The Morgan fingerprint density at radius 3 is 2.71 bits per heavy atom. The number of para-hydroxylation sites is 2. The molecule has 1 aliphatic heterocycles. The third kappa shape index (κ3) is 3.98. The van der Waals surface area contributed by atoms with E-state index < -0.39 is 0 Å². The standard InChI is InChI=1S/C23H22N2O3/c26-20-8-5-7-18-11-13-19(24-23(18)20)12-10-17-6-1-2-9-21(17)28-16-22(27)25-14-3-4-15-25/h1-2,5-13,26H,3-4,14-16H2/b12-10+. The summed E-state index contributed by atoms with van der Waals surface area (Å²) in [5.74, 6) is 0.856. The quantitative estimate of drug-likeness (QED) is 0.730. The molecule has 0 atom stereocenters. The van der Waals surface area contributed by atoms with Crippen molar-refractivity contribution in [1.82, 2.24) is 9.88 Å². The molecule has 0 spiro atoms. The number of carbonyl (C=O) groups is 1. The van der Waals surface area contributed by atoms with Crippen molar-refractivity contribution in [2.75, 3.05) is 19.7 Å². The first-order valence-electron chi connectivity index (χ1n) is 9.47. The molecule has 2 aromatic carbocycles. The number of likely N-dealkylation sites (tertiary alicyclic amines) is 1. The fourth-order valence-corrected chi connectivity index (χ4v) is 3.36. The first kappa shape index (κ1) is 18.0. The number of phenolic OH excluding ortho intramolecular Hbond substituents is 1. The molecule has 1 aliphatic rings. The van der Waals surface area contributed by atoms with Crippen LogP contribution in [0.3, 0.4) is 0 Å². The van der Waals surface area contributed by atoms with Gasteiger partial charge in [-0.05, 0) is 43.2 Å². The van der Waals surface area contributed by atoms with Crippen LogP contribution in [0.1, 0.15) is 24.1 Å². The summed E-state index contributed by atoms with van der Waals surface area (Å²) in [5, 5.41) is 10.9. The SMILES string of the molecule is O=C(COc1ccccc1/C=C/c1ccc2cccc(O)c2n1)N1CCCC1. The number of hydrogen-bond donors (Lipinski definition) is 1. The predicted molar refractivity (Wildman–Crippen MR) is 110 cm³/mol. The van der Waals surface area contributed by atoms with Crippen LogP contribution < -0.4 is 4.74 Å². The van der Waals surface area contributed by atoms with Gasteiger partial charge in [0.1, 0.15) is 17.0 Å². The summed E-state index contributed by atoms with van der Waals surface area (Å²) >= 11 is 0. The Kier molecular flexibility index (Phi) is 5.24. The third-order valence-electron chi connectivity index (χ3n) is 4.88. The van der Waals surface area contributed by atoms with E-state index in [1.807, 2.05) is 59.5 Å². The van der Waals surface area contributed by atoms with Gasteiger partial charge >= 0.3 is 0 Å². The molecule has 3 aromatic rings. The Labute approximate surface area is 163 Å². The summed E-state index contributed by atoms with van der Waals surface area (Å²) < 4.78 is 5.79. The minimum absolute atomic E-state index is 0.0305. The summed E-state index contributed by atoms with van der Waals surface area (Å²) in [6, 6.07) is 16.8. The van der Waals surface area contributed by atoms with E-state index in [-0.39, 0.29) is 18.3 Å². The lowest BCUT2D eigenvalue weighted by Gasteiger charge is -2.16. The van der Waals surface area contributed by atoms with Crippen LogP contribution in [-0.4, -0.2) is 40.6 Å². The summed E-state index contributed by atoms with van der Waals surface area (Å²) in [6.07, 6.45) is 5.92. The normalized spacial score (nSPS) is 14.1. The van der Waals surface area contributed by atoms with E-state index >= 15 is 0 Å². The number of phenols is 1. The van der Waals surface area contributed by atoms with Crippen molar-refractivity contribution in [2.24, 2.45) is 0 Å². The van der Waals surface area contributed by atoms with Crippen molar-refractivity contribution in [3.05, 3.63) is 65.9 Å². The van der Waals surface area contributed by atoms with Gasteiger partial charge in [0.25, 0.3) is 5.91 Å². The second-order valence-electron chi connectivity index (χ2n) is 6.83. The van der Waals surface area contributed by atoms with E-state index in [1.165, 1.54) is 0 Å². The van der Waals surface area contributed by atoms with Crippen LogP contribution in [0.4, 0.5) is 0 Å². The fourth-order valence-electron chi connectivity index (χ4n) is 3.36. The second-order valence-corrected chi connectivity index (χ2v) is 6.83. The topological polar surface area (TPSA) is 62.7 Å². The van der Waals surface area contributed by atoms with Crippen LogP contribution >= 0.6 is 0 Å². The molecule has 28 heavy (non-hydrogen) atoms. The highest BCUT2D eigenvalue weighted by Crippen LogP contribution is 2.24. The number of nitrogens with zero attached hydrogens (tertiary/aromatic N) is 2. The van der Waals surface area contributed by atoms with Crippen molar-refractivity contribution < 1.29 is 14.6 Å². The molecule has 1 fully saturated rings. The number of ether oxygens (including phenoxy) is 1. The number of aromatic nitrogens is 1. The van der Waals surface area contributed by atoms with Gasteiger partial charge in [-0.2, -0.15) is 0 Å². The second kappa shape index (κ2) is 8.13. The molecule has 4 rings (SSSR count). The summed E-state index contributed by atoms with van der Waals surface area (Å²) in [4.78, 5) is 18.6. The zero-order valence-electron chi connectivity index (χ0n) is 15.5. The number of amides is 1.